The third-order valence-electron chi connectivity index (χ3n) is 3.08. The number of hydrogen-bond acceptors (Lipinski definition) is 4. The highest BCUT2D eigenvalue weighted by atomic mass is 16.5. The molecule has 4 heteroatoms. The molecule has 0 aliphatic carbocycles. The Bertz CT molecular complexity index is 336. The first-order chi connectivity index (χ1) is 8.31. The molecule has 1 saturated heterocycles. The molecule has 1 fully saturated rings. The summed E-state index contributed by atoms with van der Waals surface area (Å²) in [6.45, 7) is 6.89. The lowest BCUT2D eigenvalue weighted by molar-refractivity contribution is -0.0234. The number of aliphatic hydroxyl groups is 1. The van der Waals surface area contributed by atoms with Gasteiger partial charge in [0.25, 0.3) is 0 Å². The highest BCUT2D eigenvalue weighted by molar-refractivity contribution is 5.02. The molecule has 0 aromatic carbocycles. The summed E-state index contributed by atoms with van der Waals surface area (Å²) < 4.78 is 10.7. The molecule has 94 valence electrons. The fraction of sp³-hybridized carbons (Fsp3) is 0.538. The van der Waals surface area contributed by atoms with E-state index in [9.17, 15) is 5.11 Å². The summed E-state index contributed by atoms with van der Waals surface area (Å²) in [5.74, 6) is 0.620. The van der Waals surface area contributed by atoms with Gasteiger partial charge >= 0.3 is 0 Å². The number of morpholine rings is 1. The van der Waals surface area contributed by atoms with Gasteiger partial charge in [-0.15, -0.1) is 6.58 Å². The average Bonchev–Trinajstić information content (AvgIpc) is 2.85. The second kappa shape index (κ2) is 6.00. The van der Waals surface area contributed by atoms with Gasteiger partial charge in [-0.05, 0) is 18.6 Å². The van der Waals surface area contributed by atoms with Crippen molar-refractivity contribution < 1.29 is 14.3 Å². The highest BCUT2D eigenvalue weighted by Crippen LogP contribution is 2.22. The van der Waals surface area contributed by atoms with E-state index in [1.807, 2.05) is 6.08 Å². The van der Waals surface area contributed by atoms with Crippen molar-refractivity contribution in [2.75, 3.05) is 26.3 Å². The molecule has 1 N–H and O–H groups in total. The number of hydrogen-bond donors (Lipinski definition) is 1. The molecule has 0 bridgehead atoms. The first kappa shape index (κ1) is 12.4. The first-order valence-corrected chi connectivity index (χ1v) is 5.95. The maximum Gasteiger partial charge on any atom is 0.132 e. The predicted molar refractivity (Wildman–Crippen MR) is 64.7 cm³/mol. The van der Waals surface area contributed by atoms with Crippen LogP contribution in [0.15, 0.2) is 35.5 Å². The van der Waals surface area contributed by atoms with Crippen LogP contribution < -0.4 is 0 Å². The standard InChI is InChI=1S/C13H19NO3/c1-2-5-14-6-8-16-10-11(14)9-12(15)13-4-3-7-17-13/h2-4,7,11-12,15H,1,5-6,8-10H2. The molecule has 2 rings (SSSR count). The fourth-order valence-electron chi connectivity index (χ4n) is 2.17. The van der Waals surface area contributed by atoms with E-state index in [1.54, 1.807) is 18.4 Å². The van der Waals surface area contributed by atoms with Crippen LogP contribution in [-0.4, -0.2) is 42.4 Å². The van der Waals surface area contributed by atoms with E-state index >= 15 is 0 Å². The summed E-state index contributed by atoms with van der Waals surface area (Å²) in [7, 11) is 0. The van der Waals surface area contributed by atoms with Crippen molar-refractivity contribution in [3.05, 3.63) is 36.8 Å². The molecule has 0 amide bonds. The van der Waals surface area contributed by atoms with Gasteiger partial charge in [0, 0.05) is 19.1 Å². The summed E-state index contributed by atoms with van der Waals surface area (Å²) in [4.78, 5) is 2.28. The molecule has 1 aromatic rings. The Hall–Kier alpha value is -1.10. The molecule has 0 spiro atoms. The van der Waals surface area contributed by atoms with Gasteiger partial charge in [0.1, 0.15) is 11.9 Å². The summed E-state index contributed by atoms with van der Waals surface area (Å²) in [6.07, 6.45) is 3.53. The Balaban J connectivity index is 1.93. The van der Waals surface area contributed by atoms with E-state index in [1.165, 1.54) is 0 Å². The maximum atomic E-state index is 10.0. The molecule has 17 heavy (non-hydrogen) atoms. The molecule has 2 unspecified atom stereocenters. The van der Waals surface area contributed by atoms with Gasteiger partial charge in [-0.3, -0.25) is 4.90 Å². The minimum absolute atomic E-state index is 0.224. The largest absolute Gasteiger partial charge is 0.467 e. The Morgan fingerprint density at radius 3 is 3.24 bits per heavy atom. The van der Waals surface area contributed by atoms with Crippen molar-refractivity contribution in [3.63, 3.8) is 0 Å². The number of rotatable bonds is 5. The Labute approximate surface area is 101 Å². The zero-order valence-electron chi connectivity index (χ0n) is 9.92. The normalized spacial score (nSPS) is 23.5. The van der Waals surface area contributed by atoms with Crippen LogP contribution in [0.4, 0.5) is 0 Å². The molecule has 4 nitrogen and oxygen atoms in total. The van der Waals surface area contributed by atoms with Crippen LogP contribution in [0.2, 0.25) is 0 Å². The Morgan fingerprint density at radius 2 is 2.53 bits per heavy atom. The molecule has 1 aliphatic heterocycles. The van der Waals surface area contributed by atoms with Gasteiger partial charge in [-0.1, -0.05) is 6.08 Å². The van der Waals surface area contributed by atoms with Crippen LogP contribution in [0.25, 0.3) is 0 Å². The minimum atomic E-state index is -0.566. The first-order valence-electron chi connectivity index (χ1n) is 5.95. The van der Waals surface area contributed by atoms with E-state index in [2.05, 4.69) is 11.5 Å². The van der Waals surface area contributed by atoms with E-state index < -0.39 is 6.10 Å². The molecule has 0 saturated carbocycles. The molecule has 0 radical (unpaired) electrons. The summed E-state index contributed by atoms with van der Waals surface area (Å²) >= 11 is 0. The molecule has 1 aliphatic rings. The summed E-state index contributed by atoms with van der Waals surface area (Å²) in [5, 5.41) is 10.0. The Morgan fingerprint density at radius 1 is 1.65 bits per heavy atom. The van der Waals surface area contributed by atoms with E-state index in [0.29, 0.717) is 18.8 Å². The van der Waals surface area contributed by atoms with Gasteiger partial charge < -0.3 is 14.3 Å². The average molecular weight is 237 g/mol. The van der Waals surface area contributed by atoms with Crippen LogP contribution in [0.1, 0.15) is 18.3 Å². The lowest BCUT2D eigenvalue weighted by Crippen LogP contribution is -2.46. The quantitative estimate of drug-likeness (QED) is 0.790. The fourth-order valence-corrected chi connectivity index (χ4v) is 2.17. The molecular formula is C13H19NO3. The van der Waals surface area contributed by atoms with Crippen LogP contribution in [-0.2, 0) is 4.74 Å². The smallest absolute Gasteiger partial charge is 0.132 e. The molecule has 2 heterocycles. The number of nitrogens with zero attached hydrogens (tertiary/aromatic N) is 1. The monoisotopic (exact) mass is 237 g/mol. The van der Waals surface area contributed by atoms with Crippen LogP contribution in [0, 0.1) is 0 Å². The van der Waals surface area contributed by atoms with Crippen molar-refractivity contribution >= 4 is 0 Å². The van der Waals surface area contributed by atoms with Gasteiger partial charge in [0.05, 0.1) is 19.5 Å². The third-order valence-corrected chi connectivity index (χ3v) is 3.08. The topological polar surface area (TPSA) is 45.8 Å². The summed E-state index contributed by atoms with van der Waals surface area (Å²) in [6, 6.07) is 3.81. The van der Waals surface area contributed by atoms with Crippen molar-refractivity contribution in [2.45, 2.75) is 18.6 Å². The van der Waals surface area contributed by atoms with E-state index in [-0.39, 0.29) is 6.04 Å². The van der Waals surface area contributed by atoms with Crippen molar-refractivity contribution in [1.82, 2.24) is 4.90 Å². The van der Waals surface area contributed by atoms with E-state index in [0.717, 1.165) is 19.7 Å². The minimum Gasteiger partial charge on any atom is -0.467 e. The second-order valence-electron chi connectivity index (χ2n) is 4.28. The van der Waals surface area contributed by atoms with Gasteiger partial charge in [0.15, 0.2) is 0 Å². The number of aliphatic hydroxyl groups excluding tert-OH is 1. The highest BCUT2D eigenvalue weighted by Gasteiger charge is 2.25. The van der Waals surface area contributed by atoms with Gasteiger partial charge in [0.2, 0.25) is 0 Å². The van der Waals surface area contributed by atoms with Crippen LogP contribution in [0.3, 0.4) is 0 Å². The summed E-state index contributed by atoms with van der Waals surface area (Å²) in [5.41, 5.74) is 0. The van der Waals surface area contributed by atoms with Crippen molar-refractivity contribution in [3.8, 4) is 0 Å². The predicted octanol–water partition coefficient (Wildman–Crippen LogP) is 1.59. The zero-order valence-corrected chi connectivity index (χ0v) is 9.92. The molecule has 2 atom stereocenters. The molecular weight excluding hydrogens is 218 g/mol. The Kier molecular flexibility index (Phi) is 4.36. The van der Waals surface area contributed by atoms with E-state index in [4.69, 9.17) is 9.15 Å². The van der Waals surface area contributed by atoms with Gasteiger partial charge in [-0.2, -0.15) is 0 Å². The SMILES string of the molecule is C=CCN1CCOCC1CC(O)c1ccco1. The van der Waals surface area contributed by atoms with Gasteiger partial charge in [-0.25, -0.2) is 0 Å². The van der Waals surface area contributed by atoms with Crippen LogP contribution >= 0.6 is 0 Å². The lowest BCUT2D eigenvalue weighted by Gasteiger charge is -2.35. The lowest BCUT2D eigenvalue weighted by atomic mass is 10.1. The third kappa shape index (κ3) is 3.19. The number of ether oxygens (including phenoxy) is 1. The zero-order chi connectivity index (χ0) is 12.1. The second-order valence-corrected chi connectivity index (χ2v) is 4.28. The van der Waals surface area contributed by atoms with Crippen molar-refractivity contribution in [2.24, 2.45) is 0 Å². The maximum absolute atomic E-state index is 10.0. The molecule has 1 aromatic heterocycles. The van der Waals surface area contributed by atoms with Crippen molar-refractivity contribution in [1.29, 1.82) is 0 Å². The van der Waals surface area contributed by atoms with Crippen LogP contribution in [0.5, 0.6) is 0 Å². The number of furan rings is 1.